The molecule has 3 amide bonds. The Labute approximate surface area is 156 Å². The Hall–Kier alpha value is -2.55. The van der Waals surface area contributed by atoms with Crippen LogP contribution < -0.4 is 21.7 Å². The Kier molecular flexibility index (Phi) is 5.17. The number of fused-ring (bicyclic) bond motifs is 1. The largest absolute Gasteiger partial charge is 0.397 e. The standard InChI is InChI=1S/C17H24N6O2S/c1-3-4-10-9-11(22-5-7-23(8-6-22)17(25)20-2)21-16-12(10)13(18)14(26-16)15(19)24/h9H,3-8,18H2,1-2H3,(H2,19,24)(H,20,25). The van der Waals surface area contributed by atoms with Gasteiger partial charge in [-0.25, -0.2) is 9.78 Å². The molecule has 2 aromatic rings. The number of pyridine rings is 1. The zero-order chi connectivity index (χ0) is 18.8. The molecule has 0 atom stereocenters. The number of primary amides is 1. The Morgan fingerprint density at radius 2 is 2.00 bits per heavy atom. The van der Waals surface area contributed by atoms with Crippen LogP contribution in [0.2, 0.25) is 0 Å². The molecule has 3 rings (SSSR count). The number of thiophene rings is 1. The van der Waals surface area contributed by atoms with Gasteiger partial charge in [-0.3, -0.25) is 4.79 Å². The van der Waals surface area contributed by atoms with Gasteiger partial charge in [0.25, 0.3) is 5.91 Å². The van der Waals surface area contributed by atoms with Crippen molar-refractivity contribution in [3.8, 4) is 0 Å². The lowest BCUT2D eigenvalue weighted by atomic mass is 10.1. The van der Waals surface area contributed by atoms with Crippen LogP contribution in [0, 0.1) is 0 Å². The van der Waals surface area contributed by atoms with Crippen molar-refractivity contribution in [3.63, 3.8) is 0 Å². The van der Waals surface area contributed by atoms with Crippen LogP contribution in [-0.4, -0.2) is 55.0 Å². The summed E-state index contributed by atoms with van der Waals surface area (Å²) < 4.78 is 0. The third-order valence-corrected chi connectivity index (χ3v) is 5.73. The second-order valence-corrected chi connectivity index (χ2v) is 7.31. The fourth-order valence-electron chi connectivity index (χ4n) is 3.29. The van der Waals surface area contributed by atoms with Crippen molar-refractivity contribution in [2.75, 3.05) is 43.9 Å². The number of hydrogen-bond acceptors (Lipinski definition) is 6. The number of aryl methyl sites for hydroxylation is 1. The molecule has 1 aliphatic heterocycles. The molecule has 5 N–H and O–H groups in total. The molecule has 140 valence electrons. The first-order chi connectivity index (χ1) is 12.5. The van der Waals surface area contributed by atoms with Crippen LogP contribution in [0.1, 0.15) is 28.6 Å². The maximum Gasteiger partial charge on any atom is 0.317 e. The predicted molar refractivity (Wildman–Crippen MR) is 105 cm³/mol. The first-order valence-corrected chi connectivity index (χ1v) is 9.51. The Bertz CT molecular complexity index is 841. The van der Waals surface area contributed by atoms with Crippen LogP contribution in [0.4, 0.5) is 16.3 Å². The predicted octanol–water partition coefficient (Wildman–Crippen LogP) is 1.39. The van der Waals surface area contributed by atoms with Gasteiger partial charge in [0.1, 0.15) is 15.5 Å². The third kappa shape index (κ3) is 3.26. The molecule has 0 spiro atoms. The van der Waals surface area contributed by atoms with Gasteiger partial charge in [0.05, 0.1) is 5.69 Å². The van der Waals surface area contributed by atoms with Crippen molar-refractivity contribution in [1.29, 1.82) is 0 Å². The van der Waals surface area contributed by atoms with Gasteiger partial charge in [-0.15, -0.1) is 11.3 Å². The molecular weight excluding hydrogens is 352 g/mol. The summed E-state index contributed by atoms with van der Waals surface area (Å²) >= 11 is 1.25. The van der Waals surface area contributed by atoms with E-state index in [-0.39, 0.29) is 6.03 Å². The molecule has 2 aromatic heterocycles. The lowest BCUT2D eigenvalue weighted by Gasteiger charge is -2.35. The van der Waals surface area contributed by atoms with Crippen LogP contribution in [0.3, 0.4) is 0 Å². The Balaban J connectivity index is 1.95. The summed E-state index contributed by atoms with van der Waals surface area (Å²) in [4.78, 5) is 33.2. The van der Waals surface area contributed by atoms with Crippen molar-refractivity contribution in [1.82, 2.24) is 15.2 Å². The van der Waals surface area contributed by atoms with Gasteiger partial charge in [-0.05, 0) is 18.1 Å². The van der Waals surface area contributed by atoms with E-state index in [9.17, 15) is 9.59 Å². The van der Waals surface area contributed by atoms with E-state index in [4.69, 9.17) is 16.5 Å². The average Bonchev–Trinajstić information content (AvgIpc) is 2.98. The number of rotatable bonds is 4. The van der Waals surface area contributed by atoms with Gasteiger partial charge in [0.15, 0.2) is 0 Å². The monoisotopic (exact) mass is 376 g/mol. The lowest BCUT2D eigenvalue weighted by Crippen LogP contribution is -2.51. The molecule has 9 heteroatoms. The van der Waals surface area contributed by atoms with Crippen LogP contribution >= 0.6 is 11.3 Å². The van der Waals surface area contributed by atoms with Gasteiger partial charge < -0.3 is 26.6 Å². The maximum absolute atomic E-state index is 11.8. The van der Waals surface area contributed by atoms with Crippen LogP contribution in [0.15, 0.2) is 6.07 Å². The molecule has 1 aliphatic rings. The fraction of sp³-hybridized carbons (Fsp3) is 0.471. The smallest absolute Gasteiger partial charge is 0.317 e. The number of nitrogen functional groups attached to an aromatic ring is 1. The van der Waals surface area contributed by atoms with Crippen LogP contribution in [0.5, 0.6) is 0 Å². The molecular formula is C17H24N6O2S. The van der Waals surface area contributed by atoms with Crippen molar-refractivity contribution < 1.29 is 9.59 Å². The number of hydrogen-bond donors (Lipinski definition) is 3. The molecule has 8 nitrogen and oxygen atoms in total. The average molecular weight is 376 g/mol. The minimum Gasteiger partial charge on any atom is -0.397 e. The Morgan fingerprint density at radius 1 is 1.31 bits per heavy atom. The minimum atomic E-state index is -0.520. The summed E-state index contributed by atoms with van der Waals surface area (Å²) in [7, 11) is 1.64. The quantitative estimate of drug-likeness (QED) is 0.745. The third-order valence-electron chi connectivity index (χ3n) is 4.61. The second-order valence-electron chi connectivity index (χ2n) is 6.31. The number of urea groups is 1. The SMILES string of the molecule is CCCc1cc(N2CCN(C(=O)NC)CC2)nc2sc(C(N)=O)c(N)c12. The number of nitrogens with one attached hydrogen (secondary N) is 1. The second kappa shape index (κ2) is 7.36. The summed E-state index contributed by atoms with van der Waals surface area (Å²) in [5, 5.41) is 3.50. The van der Waals surface area contributed by atoms with Gasteiger partial charge in [0, 0.05) is 38.6 Å². The lowest BCUT2D eigenvalue weighted by molar-refractivity contribution is 0.100. The summed E-state index contributed by atoms with van der Waals surface area (Å²) in [6, 6.07) is 1.99. The number of nitrogens with zero attached hydrogens (tertiary/aromatic N) is 3. The highest BCUT2D eigenvalue weighted by molar-refractivity contribution is 7.21. The van der Waals surface area contributed by atoms with Crippen molar-refractivity contribution in [2.45, 2.75) is 19.8 Å². The number of carbonyl (C=O) groups excluding carboxylic acids is 2. The summed E-state index contributed by atoms with van der Waals surface area (Å²) in [5.74, 6) is 0.337. The zero-order valence-electron chi connectivity index (χ0n) is 15.0. The fourth-order valence-corrected chi connectivity index (χ4v) is 4.28. The first kappa shape index (κ1) is 18.2. The van der Waals surface area contributed by atoms with Gasteiger partial charge in [0.2, 0.25) is 0 Å². The molecule has 3 heterocycles. The van der Waals surface area contributed by atoms with E-state index in [0.29, 0.717) is 36.7 Å². The van der Waals surface area contributed by atoms with E-state index in [1.807, 2.05) is 0 Å². The highest BCUT2D eigenvalue weighted by atomic mass is 32.1. The molecule has 0 bridgehead atoms. The molecule has 26 heavy (non-hydrogen) atoms. The van der Waals surface area contributed by atoms with E-state index in [1.54, 1.807) is 11.9 Å². The van der Waals surface area contributed by atoms with Crippen LogP contribution in [0.25, 0.3) is 10.2 Å². The van der Waals surface area contributed by atoms with E-state index < -0.39 is 5.91 Å². The zero-order valence-corrected chi connectivity index (χ0v) is 15.9. The molecule has 0 saturated carbocycles. The first-order valence-electron chi connectivity index (χ1n) is 8.69. The summed E-state index contributed by atoms with van der Waals surface area (Å²) in [6.45, 7) is 4.80. The number of amides is 3. The van der Waals surface area contributed by atoms with Crippen molar-refractivity contribution in [3.05, 3.63) is 16.5 Å². The van der Waals surface area contributed by atoms with E-state index in [0.717, 1.165) is 34.4 Å². The number of anilines is 2. The molecule has 0 unspecified atom stereocenters. The van der Waals surface area contributed by atoms with E-state index >= 15 is 0 Å². The number of carbonyl (C=O) groups is 2. The molecule has 1 fully saturated rings. The number of piperazine rings is 1. The minimum absolute atomic E-state index is 0.0585. The Morgan fingerprint density at radius 3 is 2.58 bits per heavy atom. The maximum atomic E-state index is 11.8. The molecule has 0 aromatic carbocycles. The highest BCUT2D eigenvalue weighted by Gasteiger charge is 2.24. The van der Waals surface area contributed by atoms with Crippen molar-refractivity contribution in [2.24, 2.45) is 5.73 Å². The summed E-state index contributed by atoms with van der Waals surface area (Å²) in [5.41, 5.74) is 13.1. The molecule has 0 aliphatic carbocycles. The number of aromatic nitrogens is 1. The molecule has 1 saturated heterocycles. The van der Waals surface area contributed by atoms with E-state index in [1.165, 1.54) is 11.3 Å². The van der Waals surface area contributed by atoms with Gasteiger partial charge >= 0.3 is 6.03 Å². The highest BCUT2D eigenvalue weighted by Crippen LogP contribution is 2.37. The van der Waals surface area contributed by atoms with E-state index in [2.05, 4.69) is 23.2 Å². The van der Waals surface area contributed by atoms with Gasteiger partial charge in [-0.1, -0.05) is 13.3 Å². The molecule has 0 radical (unpaired) electrons. The van der Waals surface area contributed by atoms with Crippen LogP contribution in [-0.2, 0) is 6.42 Å². The normalized spacial score (nSPS) is 14.7. The summed E-state index contributed by atoms with van der Waals surface area (Å²) in [6.07, 6.45) is 1.81. The van der Waals surface area contributed by atoms with Crippen molar-refractivity contribution >= 4 is 45.0 Å². The number of nitrogens with two attached hydrogens (primary N) is 2. The van der Waals surface area contributed by atoms with Gasteiger partial charge in [-0.2, -0.15) is 0 Å². The topological polar surface area (TPSA) is 118 Å².